The third-order valence-corrected chi connectivity index (χ3v) is 2.46. The van der Waals surface area contributed by atoms with Crippen LogP contribution in [-0.2, 0) is 12.5 Å². The fraction of sp³-hybridized carbons (Fsp3) is 0.375. The van der Waals surface area contributed by atoms with Crippen molar-refractivity contribution < 1.29 is 13.9 Å². The average molecular weight is 242 g/mol. The van der Waals surface area contributed by atoms with Gasteiger partial charge in [-0.2, -0.15) is 0 Å². The molecule has 0 saturated carbocycles. The van der Waals surface area contributed by atoms with Gasteiger partial charge in [0.25, 0.3) is 6.43 Å². The van der Waals surface area contributed by atoms with E-state index in [9.17, 15) is 8.78 Å². The van der Waals surface area contributed by atoms with E-state index in [1.807, 2.05) is 0 Å². The summed E-state index contributed by atoms with van der Waals surface area (Å²) >= 11 is 11.2. The third kappa shape index (κ3) is 2.13. The Labute approximate surface area is 89.5 Å². The molecule has 0 spiro atoms. The molecular weight excluding hydrogens is 235 g/mol. The second-order valence-corrected chi connectivity index (χ2v) is 3.19. The molecule has 0 aromatic carbocycles. The lowest BCUT2D eigenvalue weighted by Crippen LogP contribution is -2.00. The summed E-state index contributed by atoms with van der Waals surface area (Å²) in [6.07, 6.45) is -1.74. The van der Waals surface area contributed by atoms with Crippen LogP contribution in [0.3, 0.4) is 0 Å². The predicted octanol–water partition coefficient (Wildman–Crippen LogP) is 2.90. The molecular formula is C8H7Cl2F2NO. The van der Waals surface area contributed by atoms with E-state index in [4.69, 9.17) is 28.3 Å². The molecule has 2 nitrogen and oxygen atoms in total. The molecule has 78 valence electrons. The van der Waals surface area contributed by atoms with Crippen LogP contribution >= 0.6 is 23.2 Å². The van der Waals surface area contributed by atoms with Gasteiger partial charge >= 0.3 is 0 Å². The minimum absolute atomic E-state index is 0.0533. The molecule has 0 amide bonds. The second kappa shape index (κ2) is 4.87. The number of hydrogen-bond donors (Lipinski definition) is 1. The number of halogens is 4. The van der Waals surface area contributed by atoms with Gasteiger partial charge in [-0.1, -0.05) is 11.6 Å². The van der Waals surface area contributed by atoms with Gasteiger partial charge in [0, 0.05) is 11.8 Å². The van der Waals surface area contributed by atoms with Gasteiger partial charge in [0.15, 0.2) is 0 Å². The van der Waals surface area contributed by atoms with E-state index in [-0.39, 0.29) is 34.3 Å². The molecule has 1 aromatic heterocycles. The van der Waals surface area contributed by atoms with Gasteiger partial charge < -0.3 is 5.11 Å². The maximum Gasteiger partial charge on any atom is 0.266 e. The standard InChI is InChI=1S/C8H7Cl2F2NO/c9-1-4-6(3-14)13-2-5(7(4)10)8(11)12/h2,8,14H,1,3H2. The second-order valence-electron chi connectivity index (χ2n) is 2.55. The molecule has 0 aliphatic heterocycles. The Kier molecular flexibility index (Phi) is 4.04. The molecule has 1 rings (SSSR count). The van der Waals surface area contributed by atoms with E-state index in [1.165, 1.54) is 0 Å². The van der Waals surface area contributed by atoms with Crippen LogP contribution in [0.1, 0.15) is 23.2 Å². The first kappa shape index (κ1) is 11.6. The molecule has 1 heterocycles. The summed E-state index contributed by atoms with van der Waals surface area (Å²) in [5.74, 6) is -0.0533. The van der Waals surface area contributed by atoms with Gasteiger partial charge in [0.1, 0.15) is 0 Å². The van der Waals surface area contributed by atoms with Crippen LogP contribution in [0.25, 0.3) is 0 Å². The zero-order valence-corrected chi connectivity index (χ0v) is 8.49. The molecule has 0 aliphatic carbocycles. The fourth-order valence-corrected chi connectivity index (χ4v) is 1.67. The Bertz CT molecular complexity index is 333. The predicted molar refractivity (Wildman–Crippen MR) is 49.7 cm³/mol. The van der Waals surface area contributed by atoms with E-state index >= 15 is 0 Å². The van der Waals surface area contributed by atoms with Crippen molar-refractivity contribution in [2.24, 2.45) is 0 Å². The van der Waals surface area contributed by atoms with Crippen molar-refractivity contribution in [1.29, 1.82) is 0 Å². The highest BCUT2D eigenvalue weighted by Gasteiger charge is 2.17. The number of aromatic nitrogens is 1. The van der Waals surface area contributed by atoms with Crippen LogP contribution < -0.4 is 0 Å². The first-order chi connectivity index (χ1) is 6.61. The lowest BCUT2D eigenvalue weighted by Gasteiger charge is -2.09. The molecule has 0 unspecified atom stereocenters. The van der Waals surface area contributed by atoms with Gasteiger partial charge in [0.2, 0.25) is 0 Å². The van der Waals surface area contributed by atoms with Crippen molar-refractivity contribution >= 4 is 23.2 Å². The first-order valence-electron chi connectivity index (χ1n) is 3.73. The maximum absolute atomic E-state index is 12.3. The largest absolute Gasteiger partial charge is 0.390 e. The van der Waals surface area contributed by atoms with Crippen LogP contribution in [-0.4, -0.2) is 10.1 Å². The zero-order valence-electron chi connectivity index (χ0n) is 6.98. The van der Waals surface area contributed by atoms with Gasteiger partial charge in [0.05, 0.1) is 28.8 Å². The zero-order chi connectivity index (χ0) is 10.7. The minimum atomic E-state index is -2.69. The van der Waals surface area contributed by atoms with Crippen molar-refractivity contribution in [2.75, 3.05) is 0 Å². The van der Waals surface area contributed by atoms with Crippen molar-refractivity contribution in [3.63, 3.8) is 0 Å². The molecule has 0 bridgehead atoms. The number of rotatable bonds is 3. The number of pyridine rings is 1. The summed E-state index contributed by atoms with van der Waals surface area (Å²) in [4.78, 5) is 3.65. The van der Waals surface area contributed by atoms with Crippen LogP contribution in [0.4, 0.5) is 8.78 Å². The molecule has 14 heavy (non-hydrogen) atoms. The lowest BCUT2D eigenvalue weighted by atomic mass is 10.1. The Morgan fingerprint density at radius 1 is 1.50 bits per heavy atom. The van der Waals surface area contributed by atoms with Crippen molar-refractivity contribution in [3.05, 3.63) is 28.0 Å². The summed E-state index contributed by atoms with van der Waals surface area (Å²) in [6.45, 7) is -0.370. The monoisotopic (exact) mass is 241 g/mol. The Hall–Kier alpha value is -0.450. The van der Waals surface area contributed by atoms with Gasteiger partial charge in [-0.3, -0.25) is 4.98 Å². The van der Waals surface area contributed by atoms with Gasteiger partial charge in [-0.15, -0.1) is 11.6 Å². The Morgan fingerprint density at radius 2 is 2.14 bits per heavy atom. The summed E-state index contributed by atoms with van der Waals surface area (Å²) in [7, 11) is 0. The summed E-state index contributed by atoms with van der Waals surface area (Å²) < 4.78 is 24.7. The van der Waals surface area contributed by atoms with Crippen LogP contribution in [0.15, 0.2) is 6.20 Å². The molecule has 0 saturated heterocycles. The topological polar surface area (TPSA) is 33.1 Å². The van der Waals surface area contributed by atoms with Crippen LogP contribution in [0, 0.1) is 0 Å². The quantitative estimate of drug-likeness (QED) is 0.826. The minimum Gasteiger partial charge on any atom is -0.390 e. The number of alkyl halides is 3. The van der Waals surface area contributed by atoms with Crippen LogP contribution in [0.2, 0.25) is 5.02 Å². The molecule has 1 aromatic rings. The highest BCUT2D eigenvalue weighted by Crippen LogP contribution is 2.31. The molecule has 0 aliphatic rings. The summed E-state index contributed by atoms with van der Waals surface area (Å²) in [5, 5.41) is 8.72. The first-order valence-corrected chi connectivity index (χ1v) is 4.64. The van der Waals surface area contributed by atoms with E-state index in [0.717, 1.165) is 6.20 Å². The molecule has 0 radical (unpaired) electrons. The highest BCUT2D eigenvalue weighted by molar-refractivity contribution is 6.33. The molecule has 0 atom stereocenters. The molecule has 1 N–H and O–H groups in total. The smallest absolute Gasteiger partial charge is 0.266 e. The number of aliphatic hydroxyl groups excluding tert-OH is 1. The third-order valence-electron chi connectivity index (χ3n) is 1.74. The van der Waals surface area contributed by atoms with Gasteiger partial charge in [-0.25, -0.2) is 8.78 Å². The highest BCUT2D eigenvalue weighted by atomic mass is 35.5. The van der Waals surface area contributed by atoms with Crippen LogP contribution in [0.5, 0.6) is 0 Å². The SMILES string of the molecule is OCc1ncc(C(F)F)c(Cl)c1CCl. The number of nitrogens with zero attached hydrogens (tertiary/aromatic N) is 1. The van der Waals surface area contributed by atoms with Crippen molar-refractivity contribution in [3.8, 4) is 0 Å². The Balaban J connectivity index is 3.27. The van der Waals surface area contributed by atoms with E-state index in [2.05, 4.69) is 4.98 Å². The van der Waals surface area contributed by atoms with Crippen molar-refractivity contribution in [1.82, 2.24) is 4.98 Å². The average Bonchev–Trinajstić information content (AvgIpc) is 2.16. The molecule has 0 fully saturated rings. The van der Waals surface area contributed by atoms with E-state index < -0.39 is 6.43 Å². The van der Waals surface area contributed by atoms with Gasteiger partial charge in [-0.05, 0) is 0 Å². The summed E-state index contributed by atoms with van der Waals surface area (Å²) in [6, 6.07) is 0. The number of hydrogen-bond acceptors (Lipinski definition) is 2. The normalized spacial score (nSPS) is 11.0. The Morgan fingerprint density at radius 3 is 2.57 bits per heavy atom. The molecule has 6 heteroatoms. The number of aliphatic hydroxyl groups is 1. The maximum atomic E-state index is 12.3. The van der Waals surface area contributed by atoms with E-state index in [1.54, 1.807) is 0 Å². The lowest BCUT2D eigenvalue weighted by molar-refractivity contribution is 0.151. The van der Waals surface area contributed by atoms with E-state index in [0.29, 0.717) is 0 Å². The summed E-state index contributed by atoms with van der Waals surface area (Å²) in [5.41, 5.74) is 0.127. The fourth-order valence-electron chi connectivity index (χ4n) is 1.01. The van der Waals surface area contributed by atoms with Crippen molar-refractivity contribution in [2.45, 2.75) is 18.9 Å².